The lowest BCUT2D eigenvalue weighted by Crippen LogP contribution is -2.41. The Morgan fingerprint density at radius 1 is 1.53 bits per heavy atom. The molecular weight excluding hydrogens is 190 g/mol. The van der Waals surface area contributed by atoms with Crippen molar-refractivity contribution in [2.75, 3.05) is 37.0 Å². The molecule has 0 aromatic carbocycles. The highest BCUT2D eigenvalue weighted by Gasteiger charge is 2.17. The van der Waals surface area contributed by atoms with E-state index in [1.54, 1.807) is 0 Å². The molecule has 4 heteroatoms. The van der Waals surface area contributed by atoms with Gasteiger partial charge in [-0.15, -0.1) is 0 Å². The molecule has 15 heavy (non-hydrogen) atoms. The van der Waals surface area contributed by atoms with Crippen LogP contribution < -0.4 is 10.2 Å². The van der Waals surface area contributed by atoms with Gasteiger partial charge in [-0.25, -0.2) is 4.98 Å². The minimum absolute atomic E-state index is 0.291. The van der Waals surface area contributed by atoms with Gasteiger partial charge in [0.1, 0.15) is 11.6 Å². The third-order valence-electron chi connectivity index (χ3n) is 2.56. The largest absolute Gasteiger partial charge is 0.375 e. The Kier molecular flexibility index (Phi) is 3.06. The normalized spacial score (nSPS) is 21.5. The molecule has 0 aliphatic carbocycles. The van der Waals surface area contributed by atoms with Crippen molar-refractivity contribution >= 4 is 11.6 Å². The number of aromatic nitrogens is 1. The first-order chi connectivity index (χ1) is 7.29. The van der Waals surface area contributed by atoms with Gasteiger partial charge in [-0.05, 0) is 19.1 Å². The SMILES string of the molecule is CNc1cccc(N2CCOC(C)C2)n1. The molecule has 1 aromatic heterocycles. The summed E-state index contributed by atoms with van der Waals surface area (Å²) in [6.07, 6.45) is 0.291. The second kappa shape index (κ2) is 4.49. The van der Waals surface area contributed by atoms with Crippen molar-refractivity contribution in [2.24, 2.45) is 0 Å². The van der Waals surface area contributed by atoms with Gasteiger partial charge in [-0.1, -0.05) is 6.07 Å². The number of nitrogens with one attached hydrogen (secondary N) is 1. The number of morpholine rings is 1. The van der Waals surface area contributed by atoms with Crippen molar-refractivity contribution in [3.63, 3.8) is 0 Å². The van der Waals surface area contributed by atoms with Crippen molar-refractivity contribution < 1.29 is 4.74 Å². The van der Waals surface area contributed by atoms with Crippen LogP contribution in [0.3, 0.4) is 0 Å². The third-order valence-corrected chi connectivity index (χ3v) is 2.56. The Labute approximate surface area is 90.3 Å². The van der Waals surface area contributed by atoms with Gasteiger partial charge in [0.2, 0.25) is 0 Å². The molecule has 1 aliphatic heterocycles. The summed E-state index contributed by atoms with van der Waals surface area (Å²) in [5.41, 5.74) is 0. The molecule has 82 valence electrons. The zero-order valence-corrected chi connectivity index (χ0v) is 9.23. The van der Waals surface area contributed by atoms with E-state index in [0.717, 1.165) is 31.3 Å². The number of nitrogens with zero attached hydrogens (tertiary/aromatic N) is 2. The van der Waals surface area contributed by atoms with Gasteiger partial charge in [0.05, 0.1) is 12.7 Å². The molecule has 0 saturated carbocycles. The molecule has 1 atom stereocenters. The summed E-state index contributed by atoms with van der Waals surface area (Å²) in [4.78, 5) is 6.77. The van der Waals surface area contributed by atoms with E-state index in [-0.39, 0.29) is 0 Å². The van der Waals surface area contributed by atoms with Gasteiger partial charge in [-0.3, -0.25) is 0 Å². The molecule has 0 spiro atoms. The van der Waals surface area contributed by atoms with Gasteiger partial charge in [-0.2, -0.15) is 0 Å². The Hall–Kier alpha value is -1.29. The second-order valence-corrected chi connectivity index (χ2v) is 3.76. The highest BCUT2D eigenvalue weighted by molar-refractivity contribution is 5.47. The quantitative estimate of drug-likeness (QED) is 0.794. The first-order valence-corrected chi connectivity index (χ1v) is 5.31. The van der Waals surface area contributed by atoms with Crippen molar-refractivity contribution in [1.29, 1.82) is 0 Å². The third kappa shape index (κ3) is 2.39. The Balaban J connectivity index is 2.13. The zero-order chi connectivity index (χ0) is 10.7. The van der Waals surface area contributed by atoms with Crippen LogP contribution in [-0.4, -0.2) is 37.8 Å². The molecule has 2 heterocycles. The van der Waals surface area contributed by atoms with E-state index in [2.05, 4.69) is 22.1 Å². The molecule has 1 N–H and O–H groups in total. The molecule has 1 aromatic rings. The van der Waals surface area contributed by atoms with E-state index in [0.29, 0.717) is 6.10 Å². The standard InChI is InChI=1S/C11H17N3O/c1-9-8-14(6-7-15-9)11-5-3-4-10(12-2)13-11/h3-5,9H,6-8H2,1-2H3,(H,12,13). The maximum absolute atomic E-state index is 5.50. The lowest BCUT2D eigenvalue weighted by molar-refractivity contribution is 0.0529. The van der Waals surface area contributed by atoms with Crippen molar-refractivity contribution in [3.8, 4) is 0 Å². The van der Waals surface area contributed by atoms with Crippen molar-refractivity contribution in [2.45, 2.75) is 13.0 Å². The molecule has 1 aliphatic rings. The van der Waals surface area contributed by atoms with Gasteiger partial charge in [0, 0.05) is 20.1 Å². The van der Waals surface area contributed by atoms with Crippen molar-refractivity contribution in [3.05, 3.63) is 18.2 Å². The van der Waals surface area contributed by atoms with Crippen LogP contribution in [0, 0.1) is 0 Å². The van der Waals surface area contributed by atoms with Crippen LogP contribution >= 0.6 is 0 Å². The summed E-state index contributed by atoms with van der Waals surface area (Å²) < 4.78 is 5.50. The predicted molar refractivity (Wildman–Crippen MR) is 61.4 cm³/mol. The second-order valence-electron chi connectivity index (χ2n) is 3.76. The number of rotatable bonds is 2. The number of hydrogen-bond donors (Lipinski definition) is 1. The molecule has 2 rings (SSSR count). The summed E-state index contributed by atoms with van der Waals surface area (Å²) in [6.45, 7) is 4.71. The molecule has 0 radical (unpaired) electrons. The maximum atomic E-state index is 5.50. The lowest BCUT2D eigenvalue weighted by atomic mass is 10.3. The first kappa shape index (κ1) is 10.2. The summed E-state index contributed by atoms with van der Waals surface area (Å²) in [5, 5.41) is 3.05. The number of ether oxygens (including phenoxy) is 1. The molecular formula is C11H17N3O. The molecule has 1 saturated heterocycles. The minimum Gasteiger partial charge on any atom is -0.375 e. The van der Waals surface area contributed by atoms with E-state index < -0.39 is 0 Å². The van der Waals surface area contributed by atoms with Crippen LogP contribution in [0.25, 0.3) is 0 Å². The summed E-state index contributed by atoms with van der Waals surface area (Å²) in [5.74, 6) is 1.93. The van der Waals surface area contributed by atoms with Crippen LogP contribution in [0.5, 0.6) is 0 Å². The fraction of sp³-hybridized carbons (Fsp3) is 0.545. The van der Waals surface area contributed by atoms with Gasteiger partial charge >= 0.3 is 0 Å². The van der Waals surface area contributed by atoms with Crippen LogP contribution in [-0.2, 0) is 4.74 Å². The fourth-order valence-corrected chi connectivity index (χ4v) is 1.77. The monoisotopic (exact) mass is 207 g/mol. The lowest BCUT2D eigenvalue weighted by Gasteiger charge is -2.32. The maximum Gasteiger partial charge on any atom is 0.131 e. The fourth-order valence-electron chi connectivity index (χ4n) is 1.77. The number of hydrogen-bond acceptors (Lipinski definition) is 4. The molecule has 0 amide bonds. The number of pyridine rings is 1. The van der Waals surface area contributed by atoms with E-state index in [1.807, 2.05) is 25.2 Å². The van der Waals surface area contributed by atoms with E-state index in [1.165, 1.54) is 0 Å². The average molecular weight is 207 g/mol. The number of anilines is 2. The minimum atomic E-state index is 0.291. The van der Waals surface area contributed by atoms with E-state index in [9.17, 15) is 0 Å². The highest BCUT2D eigenvalue weighted by atomic mass is 16.5. The predicted octanol–water partition coefficient (Wildman–Crippen LogP) is 1.35. The van der Waals surface area contributed by atoms with Crippen molar-refractivity contribution in [1.82, 2.24) is 4.98 Å². The van der Waals surface area contributed by atoms with E-state index in [4.69, 9.17) is 4.74 Å². The van der Waals surface area contributed by atoms with E-state index >= 15 is 0 Å². The first-order valence-electron chi connectivity index (χ1n) is 5.31. The summed E-state index contributed by atoms with van der Waals surface area (Å²) in [7, 11) is 1.88. The zero-order valence-electron chi connectivity index (χ0n) is 9.23. The van der Waals surface area contributed by atoms with Gasteiger partial charge < -0.3 is 15.0 Å². The Morgan fingerprint density at radius 3 is 3.13 bits per heavy atom. The van der Waals surface area contributed by atoms with Crippen LogP contribution in [0.2, 0.25) is 0 Å². The van der Waals surface area contributed by atoms with Crippen LogP contribution in [0.4, 0.5) is 11.6 Å². The molecule has 1 fully saturated rings. The topological polar surface area (TPSA) is 37.4 Å². The van der Waals surface area contributed by atoms with Crippen LogP contribution in [0.15, 0.2) is 18.2 Å². The smallest absolute Gasteiger partial charge is 0.131 e. The summed E-state index contributed by atoms with van der Waals surface area (Å²) in [6, 6.07) is 6.03. The van der Waals surface area contributed by atoms with Gasteiger partial charge in [0.25, 0.3) is 0 Å². The average Bonchev–Trinajstić information content (AvgIpc) is 2.29. The molecule has 1 unspecified atom stereocenters. The van der Waals surface area contributed by atoms with Crippen LogP contribution in [0.1, 0.15) is 6.92 Å². The molecule has 4 nitrogen and oxygen atoms in total. The Bertz CT molecular complexity index is 329. The highest BCUT2D eigenvalue weighted by Crippen LogP contribution is 2.16. The summed E-state index contributed by atoms with van der Waals surface area (Å²) >= 11 is 0. The Morgan fingerprint density at radius 2 is 2.40 bits per heavy atom. The molecule has 0 bridgehead atoms. The van der Waals surface area contributed by atoms with Gasteiger partial charge in [0.15, 0.2) is 0 Å².